The van der Waals surface area contributed by atoms with Crippen LogP contribution in [0, 0.1) is 0 Å². The zero-order valence-corrected chi connectivity index (χ0v) is 15.9. The van der Waals surface area contributed by atoms with E-state index < -0.39 is 0 Å². The van der Waals surface area contributed by atoms with Crippen molar-refractivity contribution >= 4 is 6.21 Å². The largest absolute Gasteiger partial charge is 0.287 e. The van der Waals surface area contributed by atoms with E-state index in [1.165, 1.54) is 5.56 Å². The Morgan fingerprint density at radius 1 is 1.04 bits per heavy atom. The molecule has 0 atom stereocenters. The van der Waals surface area contributed by atoms with E-state index in [4.69, 9.17) is 5.10 Å². The number of hydrazone groups is 1. The van der Waals surface area contributed by atoms with E-state index in [0.29, 0.717) is 0 Å². The van der Waals surface area contributed by atoms with Gasteiger partial charge in [-0.1, -0.05) is 51.1 Å². The van der Waals surface area contributed by atoms with Gasteiger partial charge in [0.15, 0.2) is 0 Å². The highest BCUT2D eigenvalue weighted by atomic mass is 15.6. The zero-order valence-electron chi connectivity index (χ0n) is 15.9. The van der Waals surface area contributed by atoms with Gasteiger partial charge in [-0.3, -0.25) is 19.7 Å². The van der Waals surface area contributed by atoms with Crippen LogP contribution in [0.2, 0.25) is 0 Å². The van der Waals surface area contributed by atoms with E-state index in [0.717, 1.165) is 52.6 Å². The van der Waals surface area contributed by atoms with Crippen molar-refractivity contribution in [3.05, 3.63) is 35.9 Å². The summed E-state index contributed by atoms with van der Waals surface area (Å²) in [4.78, 5) is 7.71. The third-order valence-corrected chi connectivity index (χ3v) is 5.81. The maximum absolute atomic E-state index is 4.97. The van der Waals surface area contributed by atoms with Crippen molar-refractivity contribution in [3.8, 4) is 0 Å². The van der Waals surface area contributed by atoms with Crippen molar-refractivity contribution in [1.82, 2.24) is 19.7 Å². The predicted octanol–water partition coefficient (Wildman–Crippen LogP) is 2.22. The first-order chi connectivity index (χ1) is 12.0. The van der Waals surface area contributed by atoms with Gasteiger partial charge in [-0.15, -0.1) is 0 Å². The highest BCUT2D eigenvalue weighted by Gasteiger charge is 2.52. The monoisotopic (exact) mass is 341 g/mol. The maximum atomic E-state index is 4.97. The van der Waals surface area contributed by atoms with Crippen molar-refractivity contribution in [2.45, 2.75) is 38.1 Å². The summed E-state index contributed by atoms with van der Waals surface area (Å²) in [7, 11) is 0. The molecule has 0 saturated carbocycles. The Kier molecular flexibility index (Phi) is 4.34. The average molecular weight is 342 g/mol. The number of nitrogens with zero attached hydrogens (tertiary/aromatic N) is 5. The molecule has 4 saturated heterocycles. The van der Waals surface area contributed by atoms with Gasteiger partial charge < -0.3 is 0 Å². The summed E-state index contributed by atoms with van der Waals surface area (Å²) in [5, 5.41) is 7.40. The van der Waals surface area contributed by atoms with Crippen molar-refractivity contribution in [3.63, 3.8) is 0 Å². The Morgan fingerprint density at radius 2 is 1.60 bits per heavy atom. The van der Waals surface area contributed by atoms with Gasteiger partial charge >= 0.3 is 0 Å². The number of benzene rings is 1. The van der Waals surface area contributed by atoms with Crippen molar-refractivity contribution < 1.29 is 0 Å². The predicted molar refractivity (Wildman–Crippen MR) is 102 cm³/mol. The molecule has 0 spiro atoms. The van der Waals surface area contributed by atoms with Crippen molar-refractivity contribution in [2.24, 2.45) is 5.10 Å². The molecule has 0 amide bonds. The van der Waals surface area contributed by atoms with E-state index in [1.54, 1.807) is 0 Å². The highest BCUT2D eigenvalue weighted by Crippen LogP contribution is 2.36. The average Bonchev–Trinajstić information content (AvgIpc) is 2.58. The Hall–Kier alpha value is -1.43. The number of hydrogen-bond donors (Lipinski definition) is 0. The molecule has 1 aromatic rings. The Bertz CT molecular complexity index is 589. The number of rotatable bonds is 6. The summed E-state index contributed by atoms with van der Waals surface area (Å²) in [6.07, 6.45) is 3.06. The van der Waals surface area contributed by atoms with Crippen LogP contribution in [0.25, 0.3) is 0 Å². The molecular weight excluding hydrogens is 310 g/mol. The molecule has 1 aromatic carbocycles. The molecule has 4 bridgehead atoms. The summed E-state index contributed by atoms with van der Waals surface area (Å²) >= 11 is 0. The van der Waals surface area contributed by atoms with Crippen LogP contribution in [0.1, 0.15) is 32.8 Å². The van der Waals surface area contributed by atoms with E-state index >= 15 is 0 Å². The molecule has 4 aliphatic rings. The first kappa shape index (κ1) is 17.0. The molecule has 4 heterocycles. The summed E-state index contributed by atoms with van der Waals surface area (Å²) in [5.74, 6) is 0. The molecule has 5 rings (SSSR count). The Balaban J connectivity index is 1.62. The third-order valence-electron chi connectivity index (χ3n) is 5.81. The summed E-state index contributed by atoms with van der Waals surface area (Å²) in [6, 6.07) is 10.9. The quantitative estimate of drug-likeness (QED) is 0.585. The molecule has 5 nitrogen and oxygen atoms in total. The second-order valence-corrected chi connectivity index (χ2v) is 8.65. The van der Waals surface area contributed by atoms with Crippen molar-refractivity contribution in [2.75, 3.05) is 46.2 Å². The normalized spacial score (nSPS) is 34.0. The molecule has 0 N–H and O–H groups in total. The summed E-state index contributed by atoms with van der Waals surface area (Å²) in [5.41, 5.74) is 1.57. The van der Waals surface area contributed by atoms with Gasteiger partial charge in [-0.05, 0) is 12.0 Å². The van der Waals surface area contributed by atoms with E-state index in [2.05, 4.69) is 77.0 Å². The van der Waals surface area contributed by atoms with Gasteiger partial charge in [0.05, 0.1) is 25.5 Å². The fourth-order valence-corrected chi connectivity index (χ4v) is 4.79. The molecule has 0 unspecified atom stereocenters. The Morgan fingerprint density at radius 3 is 2.12 bits per heavy atom. The topological polar surface area (TPSA) is 25.3 Å². The lowest BCUT2D eigenvalue weighted by Gasteiger charge is -2.63. The van der Waals surface area contributed by atoms with Crippen LogP contribution < -0.4 is 0 Å². The molecule has 0 aromatic heterocycles. The molecule has 0 radical (unpaired) electrons. The van der Waals surface area contributed by atoms with Crippen LogP contribution in [-0.4, -0.2) is 77.6 Å². The van der Waals surface area contributed by atoms with Gasteiger partial charge in [-0.2, -0.15) is 5.10 Å². The summed E-state index contributed by atoms with van der Waals surface area (Å²) in [6.45, 7) is 14.5. The third kappa shape index (κ3) is 3.21. The zero-order chi connectivity index (χ0) is 17.5. The van der Waals surface area contributed by atoms with E-state index in [1.807, 2.05) is 0 Å². The Labute approximate surface area is 151 Å². The van der Waals surface area contributed by atoms with Gasteiger partial charge in [0, 0.05) is 37.8 Å². The minimum atomic E-state index is 0.0652. The standard InChI is InChI=1S/C20H31N5/c1-4-10-21-25(11-19(2,3)18-8-6-5-7-9-18)20-12-22-15-23(13-20)17-24(14-20)16-22/h5-10H,4,11-17H2,1-3H3. The van der Waals surface area contributed by atoms with E-state index in [-0.39, 0.29) is 11.0 Å². The SMILES string of the molecule is CCC=NN(CC(C)(C)c1ccccc1)C12CN3CN(CN(C3)C1)C2. The highest BCUT2D eigenvalue weighted by molar-refractivity contribution is 5.56. The summed E-state index contributed by atoms with van der Waals surface area (Å²) < 4.78 is 0. The fourth-order valence-electron chi connectivity index (χ4n) is 4.79. The lowest BCUT2D eigenvalue weighted by molar-refractivity contribution is -0.186. The smallest absolute Gasteiger partial charge is 0.0960 e. The maximum Gasteiger partial charge on any atom is 0.0960 e. The van der Waals surface area contributed by atoms with Crippen LogP contribution in [0.15, 0.2) is 35.4 Å². The molecule has 25 heavy (non-hydrogen) atoms. The number of hydrogen-bond acceptors (Lipinski definition) is 5. The van der Waals surface area contributed by atoms with Gasteiger partial charge in [0.2, 0.25) is 0 Å². The van der Waals surface area contributed by atoms with Crippen molar-refractivity contribution in [1.29, 1.82) is 0 Å². The minimum Gasteiger partial charge on any atom is -0.287 e. The lowest BCUT2D eigenvalue weighted by Crippen LogP contribution is -2.79. The minimum absolute atomic E-state index is 0.0652. The second-order valence-electron chi connectivity index (χ2n) is 8.65. The van der Waals surface area contributed by atoms with Crippen LogP contribution in [0.4, 0.5) is 0 Å². The first-order valence-electron chi connectivity index (χ1n) is 9.53. The van der Waals surface area contributed by atoms with Crippen LogP contribution >= 0.6 is 0 Å². The van der Waals surface area contributed by atoms with Gasteiger partial charge in [0.25, 0.3) is 0 Å². The molecule has 4 aliphatic heterocycles. The van der Waals surface area contributed by atoms with Crippen LogP contribution in [0.5, 0.6) is 0 Å². The molecule has 5 heteroatoms. The molecule has 0 aliphatic carbocycles. The van der Waals surface area contributed by atoms with Gasteiger partial charge in [-0.25, -0.2) is 0 Å². The molecule has 136 valence electrons. The fraction of sp³-hybridized carbons (Fsp3) is 0.650. The van der Waals surface area contributed by atoms with E-state index in [9.17, 15) is 0 Å². The first-order valence-corrected chi connectivity index (χ1v) is 9.53. The van der Waals surface area contributed by atoms with Crippen LogP contribution in [0.3, 0.4) is 0 Å². The van der Waals surface area contributed by atoms with Crippen LogP contribution in [-0.2, 0) is 5.41 Å². The van der Waals surface area contributed by atoms with Gasteiger partial charge in [0.1, 0.15) is 0 Å². The second kappa shape index (κ2) is 6.38. The molecule has 4 fully saturated rings. The molecular formula is C20H31N5. The lowest BCUT2D eigenvalue weighted by atomic mass is 9.82.